The number of pyridine rings is 1. The van der Waals surface area contributed by atoms with E-state index >= 15 is 0 Å². The number of nitrogens with two attached hydrogens (primary N) is 1. The van der Waals surface area contributed by atoms with Crippen LogP contribution >= 0.6 is 11.6 Å². The number of halogens is 1. The summed E-state index contributed by atoms with van der Waals surface area (Å²) in [6, 6.07) is 12.9. The van der Waals surface area contributed by atoms with Crippen LogP contribution in [0.5, 0.6) is 0 Å². The summed E-state index contributed by atoms with van der Waals surface area (Å²) in [5.41, 5.74) is 9.44. The molecule has 0 saturated heterocycles. The third-order valence-corrected chi connectivity index (χ3v) is 8.04. The zero-order valence-corrected chi connectivity index (χ0v) is 23.4. The molecule has 2 aromatic carbocycles. The number of hydrogen-bond donors (Lipinski definition) is 2. The molecule has 3 aromatic rings. The molecule has 1 aliphatic carbocycles. The summed E-state index contributed by atoms with van der Waals surface area (Å²) in [5.74, 6) is -0.394. The minimum Gasteiger partial charge on any atom is -0.381 e. The van der Waals surface area contributed by atoms with Gasteiger partial charge in [0.1, 0.15) is 6.04 Å². The van der Waals surface area contributed by atoms with Gasteiger partial charge in [-0.2, -0.15) is 0 Å². The van der Waals surface area contributed by atoms with E-state index in [-0.39, 0.29) is 23.7 Å². The molecule has 5 rings (SSSR count). The van der Waals surface area contributed by atoms with E-state index in [0.717, 1.165) is 35.1 Å². The second-order valence-corrected chi connectivity index (χ2v) is 11.2. The first-order chi connectivity index (χ1) is 19.2. The number of hydrogen-bond acceptors (Lipinski definition) is 5. The minimum atomic E-state index is -0.785. The smallest absolute Gasteiger partial charge is 0.251 e. The van der Waals surface area contributed by atoms with Crippen molar-refractivity contribution in [3.05, 3.63) is 86.8 Å². The lowest BCUT2D eigenvalue weighted by molar-refractivity contribution is -0.119. The Labute approximate surface area is 238 Å². The Kier molecular flexibility index (Phi) is 8.40. The molecule has 3 atom stereocenters. The van der Waals surface area contributed by atoms with Crippen molar-refractivity contribution in [2.45, 2.75) is 63.9 Å². The molecule has 0 unspecified atom stereocenters. The maximum absolute atomic E-state index is 13.7. The van der Waals surface area contributed by atoms with E-state index in [4.69, 9.17) is 26.8 Å². The van der Waals surface area contributed by atoms with Crippen LogP contribution < -0.4 is 16.6 Å². The van der Waals surface area contributed by atoms with Crippen molar-refractivity contribution in [2.24, 2.45) is 11.7 Å². The molecule has 3 N–H and O–H groups in total. The van der Waals surface area contributed by atoms with Crippen molar-refractivity contribution in [1.29, 1.82) is 0 Å². The number of methoxy groups -OCH3 is 1. The second kappa shape index (κ2) is 12.0. The number of benzene rings is 2. The van der Waals surface area contributed by atoms with Crippen LogP contribution in [0.4, 0.5) is 5.69 Å². The molecule has 8 nitrogen and oxygen atoms in total. The number of nitrogens with zero attached hydrogens (tertiary/aromatic N) is 1. The highest BCUT2D eigenvalue weighted by atomic mass is 35.5. The molecule has 2 aliphatic rings. The van der Waals surface area contributed by atoms with E-state index in [1.807, 2.05) is 25.1 Å². The van der Waals surface area contributed by atoms with E-state index in [1.165, 1.54) is 4.57 Å². The summed E-state index contributed by atoms with van der Waals surface area (Å²) in [5, 5.41) is 3.50. The Bertz CT molecular complexity index is 1460. The van der Waals surface area contributed by atoms with Crippen LogP contribution in [0.3, 0.4) is 0 Å². The van der Waals surface area contributed by atoms with Gasteiger partial charge in [-0.3, -0.25) is 14.4 Å². The fraction of sp³-hybridized carbons (Fsp3) is 0.387. The minimum absolute atomic E-state index is 0.0306. The lowest BCUT2D eigenvalue weighted by Gasteiger charge is -2.26. The number of nitrogens with one attached hydrogen (secondary N) is 1. The van der Waals surface area contributed by atoms with Gasteiger partial charge in [0.05, 0.1) is 18.8 Å². The molecule has 1 fully saturated rings. The van der Waals surface area contributed by atoms with Gasteiger partial charge in [-0.05, 0) is 98.0 Å². The van der Waals surface area contributed by atoms with Gasteiger partial charge in [-0.15, -0.1) is 0 Å². The number of carbonyl (C=O) groups is 2. The highest BCUT2D eigenvalue weighted by Gasteiger charge is 2.33. The predicted molar refractivity (Wildman–Crippen MR) is 154 cm³/mol. The van der Waals surface area contributed by atoms with Gasteiger partial charge in [0.25, 0.3) is 5.56 Å². The van der Waals surface area contributed by atoms with Gasteiger partial charge in [-0.25, -0.2) is 0 Å². The summed E-state index contributed by atoms with van der Waals surface area (Å²) in [6.07, 6.45) is 5.72. The number of ether oxygens (including phenoxy) is 2. The van der Waals surface area contributed by atoms with Gasteiger partial charge in [0, 0.05) is 41.2 Å². The van der Waals surface area contributed by atoms with Gasteiger partial charge in [-0.1, -0.05) is 17.7 Å². The molecule has 1 saturated carbocycles. The van der Waals surface area contributed by atoms with Crippen LogP contribution in [0.15, 0.2) is 59.5 Å². The van der Waals surface area contributed by atoms with Gasteiger partial charge in [0.2, 0.25) is 11.8 Å². The number of fused-ring (bicyclic) bond motifs is 3. The fourth-order valence-electron chi connectivity index (χ4n) is 5.46. The maximum Gasteiger partial charge on any atom is 0.251 e. The fourth-order valence-corrected chi connectivity index (χ4v) is 5.63. The van der Waals surface area contributed by atoms with E-state index in [2.05, 4.69) is 5.32 Å². The Morgan fingerprint density at radius 1 is 1.10 bits per heavy atom. The third-order valence-electron chi connectivity index (χ3n) is 7.81. The molecule has 1 aliphatic heterocycles. The maximum atomic E-state index is 13.7. The molecule has 9 heteroatoms. The summed E-state index contributed by atoms with van der Waals surface area (Å²) in [4.78, 5) is 38.8. The standard InChI is InChI=1S/C31H34ClN3O5/c1-18-13-21-5-8-23(32)14-25(21)26-15-29(36)35(16-22(26)17-40-18)27(11-12-28(39-2)19-3-4-19)31(38)34-24-9-6-20(7-10-24)30(33)37/h5-10,14-16,18-19,27-28H,3-4,11-13,17H2,1-2H3,(H2,33,37)(H,34,38)/t18-,27+,28-/m1/s1. The van der Waals surface area contributed by atoms with Crippen molar-refractivity contribution in [3.8, 4) is 11.1 Å². The normalized spacial score (nSPS) is 18.0. The summed E-state index contributed by atoms with van der Waals surface area (Å²) in [6.45, 7) is 2.32. The highest BCUT2D eigenvalue weighted by molar-refractivity contribution is 6.30. The average molecular weight is 564 g/mol. The number of primary amides is 1. The van der Waals surface area contributed by atoms with Crippen molar-refractivity contribution >= 4 is 29.1 Å². The zero-order valence-electron chi connectivity index (χ0n) is 22.7. The molecule has 2 heterocycles. The second-order valence-electron chi connectivity index (χ2n) is 10.7. The highest BCUT2D eigenvalue weighted by Crippen LogP contribution is 2.37. The molecule has 210 valence electrons. The van der Waals surface area contributed by atoms with Crippen molar-refractivity contribution < 1.29 is 19.1 Å². The molecule has 0 bridgehead atoms. The Balaban J connectivity index is 1.51. The number of anilines is 1. The first kappa shape index (κ1) is 28.1. The molecule has 2 amide bonds. The summed E-state index contributed by atoms with van der Waals surface area (Å²) in [7, 11) is 1.69. The van der Waals surface area contributed by atoms with Crippen LogP contribution in [0, 0.1) is 5.92 Å². The van der Waals surface area contributed by atoms with Gasteiger partial charge in [0.15, 0.2) is 0 Å². The van der Waals surface area contributed by atoms with Crippen molar-refractivity contribution in [2.75, 3.05) is 12.4 Å². The first-order valence-corrected chi connectivity index (χ1v) is 14.0. The quantitative estimate of drug-likeness (QED) is 0.375. The average Bonchev–Trinajstić information content (AvgIpc) is 3.77. The number of aromatic nitrogens is 1. The van der Waals surface area contributed by atoms with Crippen LogP contribution in [0.2, 0.25) is 5.02 Å². The van der Waals surface area contributed by atoms with E-state index in [9.17, 15) is 14.4 Å². The SMILES string of the molecule is CO[C@H](CC[C@@H](C(=O)Nc1ccc(C(N)=O)cc1)n1cc2c(cc1=O)-c1cc(Cl)ccc1C[C@@H](C)OC2)C1CC1. The predicted octanol–water partition coefficient (Wildman–Crippen LogP) is 5.11. The lowest BCUT2D eigenvalue weighted by Crippen LogP contribution is -2.34. The molecular formula is C31H34ClN3O5. The van der Waals surface area contributed by atoms with Crippen LogP contribution in [0.1, 0.15) is 60.1 Å². The van der Waals surface area contributed by atoms with E-state index in [0.29, 0.717) is 48.1 Å². The Morgan fingerprint density at radius 3 is 2.50 bits per heavy atom. The van der Waals surface area contributed by atoms with Crippen LogP contribution in [-0.4, -0.2) is 35.7 Å². The van der Waals surface area contributed by atoms with Gasteiger partial charge >= 0.3 is 0 Å². The van der Waals surface area contributed by atoms with Crippen LogP contribution in [0.25, 0.3) is 11.1 Å². The summed E-state index contributed by atoms with van der Waals surface area (Å²) < 4.78 is 13.3. The topological polar surface area (TPSA) is 113 Å². The third kappa shape index (κ3) is 6.30. The molecule has 40 heavy (non-hydrogen) atoms. The summed E-state index contributed by atoms with van der Waals surface area (Å²) >= 11 is 6.35. The largest absolute Gasteiger partial charge is 0.381 e. The molecule has 0 spiro atoms. The number of carbonyl (C=O) groups excluding carboxylic acids is 2. The Hall–Kier alpha value is -3.46. The molecular weight excluding hydrogens is 530 g/mol. The number of amides is 2. The molecule has 0 radical (unpaired) electrons. The zero-order chi connectivity index (χ0) is 28.4. The Morgan fingerprint density at radius 2 is 1.82 bits per heavy atom. The van der Waals surface area contributed by atoms with Crippen LogP contribution in [-0.2, 0) is 27.3 Å². The molecule has 1 aromatic heterocycles. The monoisotopic (exact) mass is 563 g/mol. The van der Waals surface area contributed by atoms with E-state index < -0.39 is 11.9 Å². The lowest BCUT2D eigenvalue weighted by atomic mass is 9.92. The van der Waals surface area contributed by atoms with Crippen molar-refractivity contribution in [3.63, 3.8) is 0 Å². The van der Waals surface area contributed by atoms with Gasteiger partial charge < -0.3 is 25.1 Å². The van der Waals surface area contributed by atoms with Crippen molar-refractivity contribution in [1.82, 2.24) is 4.57 Å². The first-order valence-electron chi connectivity index (χ1n) is 13.6. The van der Waals surface area contributed by atoms with E-state index in [1.54, 1.807) is 43.6 Å². The number of rotatable bonds is 9.